The summed E-state index contributed by atoms with van der Waals surface area (Å²) in [5.41, 5.74) is 0.954. The highest BCUT2D eigenvalue weighted by atomic mass is 16.5. The second-order valence-corrected chi connectivity index (χ2v) is 3.75. The number of hydrogen-bond acceptors (Lipinski definition) is 3. The number of allylic oxidation sites excluding steroid dienone is 1. The van der Waals surface area contributed by atoms with Crippen molar-refractivity contribution in [3.63, 3.8) is 0 Å². The summed E-state index contributed by atoms with van der Waals surface area (Å²) in [6.07, 6.45) is 5.24. The van der Waals surface area contributed by atoms with Crippen LogP contribution >= 0.6 is 0 Å². The van der Waals surface area contributed by atoms with Gasteiger partial charge in [0.1, 0.15) is 17.3 Å². The van der Waals surface area contributed by atoms with Crippen LogP contribution in [0.25, 0.3) is 6.08 Å². The number of ether oxygens (including phenoxy) is 2. The molecule has 0 fully saturated rings. The van der Waals surface area contributed by atoms with E-state index in [0.29, 0.717) is 6.42 Å². The van der Waals surface area contributed by atoms with Gasteiger partial charge in [-0.25, -0.2) is 0 Å². The molecule has 3 heteroatoms. The van der Waals surface area contributed by atoms with Crippen molar-refractivity contribution in [3.05, 3.63) is 29.8 Å². The zero-order valence-electron chi connectivity index (χ0n) is 10.5. The van der Waals surface area contributed by atoms with Crippen LogP contribution in [-0.4, -0.2) is 20.0 Å². The van der Waals surface area contributed by atoms with Crippen molar-refractivity contribution in [2.75, 3.05) is 14.2 Å². The number of methoxy groups -OCH3 is 2. The molecule has 0 saturated carbocycles. The van der Waals surface area contributed by atoms with Crippen LogP contribution in [0.3, 0.4) is 0 Å². The van der Waals surface area contributed by atoms with Crippen molar-refractivity contribution >= 4 is 11.9 Å². The van der Waals surface area contributed by atoms with Gasteiger partial charge in [-0.3, -0.25) is 0 Å². The summed E-state index contributed by atoms with van der Waals surface area (Å²) < 4.78 is 10.4. The van der Waals surface area contributed by atoms with Gasteiger partial charge in [-0.05, 0) is 31.5 Å². The second kappa shape index (κ2) is 6.74. The van der Waals surface area contributed by atoms with Crippen LogP contribution in [0.4, 0.5) is 0 Å². The van der Waals surface area contributed by atoms with E-state index >= 15 is 0 Å². The van der Waals surface area contributed by atoms with Gasteiger partial charge in [-0.15, -0.1) is 0 Å². The first-order valence-corrected chi connectivity index (χ1v) is 5.55. The van der Waals surface area contributed by atoms with Gasteiger partial charge in [0.2, 0.25) is 0 Å². The standard InChI is InChI=1S/C14H18O3/c1-11(15)6-4-5-7-12-10-13(16-2)8-9-14(12)17-3/h5,7-10H,4,6H2,1-3H3/b7-5+. The number of carbonyl (C=O) groups excluding carboxylic acids is 1. The molecule has 0 unspecified atom stereocenters. The Kier molecular flexibility index (Phi) is 5.27. The molecule has 0 radical (unpaired) electrons. The zero-order valence-corrected chi connectivity index (χ0v) is 10.5. The maximum atomic E-state index is 10.8. The fourth-order valence-corrected chi connectivity index (χ4v) is 1.47. The van der Waals surface area contributed by atoms with Crippen molar-refractivity contribution < 1.29 is 14.3 Å². The minimum Gasteiger partial charge on any atom is -0.497 e. The highest BCUT2D eigenvalue weighted by Gasteiger charge is 2.01. The lowest BCUT2D eigenvalue weighted by Gasteiger charge is -2.07. The van der Waals surface area contributed by atoms with Gasteiger partial charge in [-0.2, -0.15) is 0 Å². The van der Waals surface area contributed by atoms with E-state index in [1.54, 1.807) is 21.1 Å². The van der Waals surface area contributed by atoms with E-state index in [9.17, 15) is 4.79 Å². The molecule has 0 heterocycles. The van der Waals surface area contributed by atoms with Gasteiger partial charge < -0.3 is 14.3 Å². The zero-order chi connectivity index (χ0) is 12.7. The molecule has 0 aliphatic heterocycles. The quantitative estimate of drug-likeness (QED) is 0.758. The maximum absolute atomic E-state index is 10.8. The molecular weight excluding hydrogens is 216 g/mol. The van der Waals surface area contributed by atoms with E-state index in [1.165, 1.54) is 0 Å². The van der Waals surface area contributed by atoms with Crippen LogP contribution in [0.2, 0.25) is 0 Å². The molecule has 17 heavy (non-hydrogen) atoms. The molecule has 1 aromatic carbocycles. The number of hydrogen-bond donors (Lipinski definition) is 0. The first kappa shape index (κ1) is 13.3. The summed E-state index contributed by atoms with van der Waals surface area (Å²) >= 11 is 0. The Labute approximate surface area is 102 Å². The number of rotatable bonds is 6. The maximum Gasteiger partial charge on any atom is 0.130 e. The van der Waals surface area contributed by atoms with Crippen molar-refractivity contribution in [3.8, 4) is 11.5 Å². The molecule has 1 rings (SSSR count). The normalized spacial score (nSPS) is 10.5. The van der Waals surface area contributed by atoms with Crippen molar-refractivity contribution in [1.82, 2.24) is 0 Å². The Morgan fingerprint density at radius 2 is 2.06 bits per heavy atom. The molecule has 0 amide bonds. The summed E-state index contributed by atoms with van der Waals surface area (Å²) in [5.74, 6) is 1.79. The molecular formula is C14H18O3. The Hall–Kier alpha value is -1.77. The minimum absolute atomic E-state index is 0.201. The lowest BCUT2D eigenvalue weighted by molar-refractivity contribution is -0.116. The lowest BCUT2D eigenvalue weighted by atomic mass is 10.1. The van der Waals surface area contributed by atoms with Crippen LogP contribution in [0.1, 0.15) is 25.3 Å². The molecule has 0 bridgehead atoms. The molecule has 92 valence electrons. The molecule has 0 aromatic heterocycles. The van der Waals surface area contributed by atoms with Gasteiger partial charge in [0.25, 0.3) is 0 Å². The summed E-state index contributed by atoms with van der Waals surface area (Å²) in [7, 11) is 3.26. The van der Waals surface area contributed by atoms with Gasteiger partial charge in [-0.1, -0.05) is 12.2 Å². The van der Waals surface area contributed by atoms with E-state index in [0.717, 1.165) is 23.5 Å². The summed E-state index contributed by atoms with van der Waals surface area (Å²) in [6, 6.07) is 5.62. The van der Waals surface area contributed by atoms with Gasteiger partial charge >= 0.3 is 0 Å². The van der Waals surface area contributed by atoms with Crippen LogP contribution in [0, 0.1) is 0 Å². The van der Waals surface area contributed by atoms with E-state index in [-0.39, 0.29) is 5.78 Å². The van der Waals surface area contributed by atoms with E-state index < -0.39 is 0 Å². The van der Waals surface area contributed by atoms with E-state index in [1.807, 2.05) is 30.4 Å². The second-order valence-electron chi connectivity index (χ2n) is 3.75. The Bertz CT molecular complexity index is 408. The fourth-order valence-electron chi connectivity index (χ4n) is 1.47. The van der Waals surface area contributed by atoms with Gasteiger partial charge in [0, 0.05) is 12.0 Å². The fraction of sp³-hybridized carbons (Fsp3) is 0.357. The molecule has 3 nitrogen and oxygen atoms in total. The Morgan fingerprint density at radius 1 is 1.29 bits per heavy atom. The average Bonchev–Trinajstić information content (AvgIpc) is 2.34. The van der Waals surface area contributed by atoms with Gasteiger partial charge in [0.05, 0.1) is 14.2 Å². The van der Waals surface area contributed by atoms with E-state index in [4.69, 9.17) is 9.47 Å². The first-order chi connectivity index (χ1) is 8.17. The number of carbonyl (C=O) groups is 1. The molecule has 0 saturated heterocycles. The topological polar surface area (TPSA) is 35.5 Å². The van der Waals surface area contributed by atoms with Gasteiger partial charge in [0.15, 0.2) is 0 Å². The predicted molar refractivity (Wildman–Crippen MR) is 68.5 cm³/mol. The third-order valence-electron chi connectivity index (χ3n) is 2.40. The predicted octanol–water partition coefficient (Wildman–Crippen LogP) is 3.09. The Balaban J connectivity index is 2.76. The summed E-state index contributed by atoms with van der Waals surface area (Å²) in [4.78, 5) is 10.8. The molecule has 0 spiro atoms. The van der Waals surface area contributed by atoms with Crippen LogP contribution < -0.4 is 9.47 Å². The minimum atomic E-state index is 0.201. The third-order valence-corrected chi connectivity index (χ3v) is 2.40. The molecule has 0 aliphatic rings. The SMILES string of the molecule is COc1ccc(OC)c(/C=C/CCC(C)=O)c1. The highest BCUT2D eigenvalue weighted by Crippen LogP contribution is 2.25. The van der Waals surface area contributed by atoms with Crippen LogP contribution in [-0.2, 0) is 4.79 Å². The highest BCUT2D eigenvalue weighted by molar-refractivity contribution is 5.75. The van der Waals surface area contributed by atoms with Crippen molar-refractivity contribution in [1.29, 1.82) is 0 Å². The van der Waals surface area contributed by atoms with Crippen molar-refractivity contribution in [2.45, 2.75) is 19.8 Å². The first-order valence-electron chi connectivity index (χ1n) is 5.55. The Morgan fingerprint density at radius 3 is 2.65 bits per heavy atom. The third kappa shape index (κ3) is 4.31. The molecule has 1 aromatic rings. The largest absolute Gasteiger partial charge is 0.497 e. The smallest absolute Gasteiger partial charge is 0.130 e. The number of Topliss-reactive ketones (excluding diaryl/α,β-unsaturated/α-hetero) is 1. The lowest BCUT2D eigenvalue weighted by Crippen LogP contribution is -1.90. The average molecular weight is 234 g/mol. The van der Waals surface area contributed by atoms with Crippen LogP contribution in [0.5, 0.6) is 11.5 Å². The monoisotopic (exact) mass is 234 g/mol. The number of benzene rings is 1. The van der Waals surface area contributed by atoms with E-state index in [2.05, 4.69) is 0 Å². The summed E-state index contributed by atoms with van der Waals surface area (Å²) in [5, 5.41) is 0. The van der Waals surface area contributed by atoms with Crippen LogP contribution in [0.15, 0.2) is 24.3 Å². The number of ketones is 1. The molecule has 0 atom stereocenters. The van der Waals surface area contributed by atoms with Crippen molar-refractivity contribution in [2.24, 2.45) is 0 Å². The summed E-state index contributed by atoms with van der Waals surface area (Å²) in [6.45, 7) is 1.60. The molecule has 0 N–H and O–H groups in total. The molecule has 0 aliphatic carbocycles.